The van der Waals surface area contributed by atoms with Crippen LogP contribution in [0, 0.1) is 11.7 Å². The van der Waals surface area contributed by atoms with Crippen molar-refractivity contribution < 1.29 is 9.18 Å². The number of halogens is 1. The van der Waals surface area contributed by atoms with E-state index in [2.05, 4.69) is 0 Å². The summed E-state index contributed by atoms with van der Waals surface area (Å²) in [7, 11) is 1.71. The molecule has 1 aromatic carbocycles. The molecule has 0 aliphatic heterocycles. The van der Waals surface area contributed by atoms with Crippen molar-refractivity contribution in [2.45, 2.75) is 32.6 Å². The first kappa shape index (κ1) is 12.1. The fourth-order valence-corrected chi connectivity index (χ4v) is 1.92. The lowest BCUT2D eigenvalue weighted by molar-refractivity contribution is -0.119. The summed E-state index contributed by atoms with van der Waals surface area (Å²) in [6.45, 7) is 3.91. The summed E-state index contributed by atoms with van der Waals surface area (Å²) < 4.78 is 13.8. The second-order valence-electron chi connectivity index (χ2n) is 5.03. The topological polar surface area (TPSA) is 20.3 Å². The Morgan fingerprint density at radius 3 is 2.53 bits per heavy atom. The molecule has 0 atom stereocenters. The van der Waals surface area contributed by atoms with Crippen LogP contribution in [0.4, 0.5) is 10.1 Å². The number of hydrogen-bond donors (Lipinski definition) is 0. The van der Waals surface area contributed by atoms with Crippen LogP contribution in [0.15, 0.2) is 18.2 Å². The zero-order valence-corrected chi connectivity index (χ0v) is 10.5. The number of amides is 1. The average Bonchev–Trinajstić information content (AvgIpc) is 3.10. The molecule has 1 amide bonds. The van der Waals surface area contributed by atoms with E-state index in [-0.39, 0.29) is 23.6 Å². The first-order valence-corrected chi connectivity index (χ1v) is 6.07. The molecule has 1 fully saturated rings. The molecule has 0 heterocycles. The van der Waals surface area contributed by atoms with E-state index in [0.29, 0.717) is 11.3 Å². The summed E-state index contributed by atoms with van der Waals surface area (Å²) in [6.07, 6.45) is 1.94. The summed E-state index contributed by atoms with van der Waals surface area (Å²) >= 11 is 0. The third-order valence-electron chi connectivity index (χ3n) is 3.25. The van der Waals surface area contributed by atoms with E-state index < -0.39 is 0 Å². The van der Waals surface area contributed by atoms with Gasteiger partial charge >= 0.3 is 0 Å². The predicted octanol–water partition coefficient (Wildman–Crippen LogP) is 3.32. The second kappa shape index (κ2) is 4.47. The Hall–Kier alpha value is -1.38. The lowest BCUT2D eigenvalue weighted by atomic mass is 10.0. The molecule has 1 aromatic rings. The first-order chi connectivity index (χ1) is 8.00. The fraction of sp³-hybridized carbons (Fsp3) is 0.500. The molecule has 3 heteroatoms. The van der Waals surface area contributed by atoms with E-state index in [4.69, 9.17) is 0 Å². The molecule has 0 N–H and O–H groups in total. The van der Waals surface area contributed by atoms with Crippen molar-refractivity contribution in [2.24, 2.45) is 5.92 Å². The SMILES string of the molecule is CC(C)c1ccc(N(C)C(=O)C2CC2)cc1F. The van der Waals surface area contributed by atoms with Crippen LogP contribution >= 0.6 is 0 Å². The van der Waals surface area contributed by atoms with E-state index in [1.165, 1.54) is 6.07 Å². The molecule has 1 saturated carbocycles. The number of hydrogen-bond acceptors (Lipinski definition) is 1. The molecule has 0 unspecified atom stereocenters. The Morgan fingerprint density at radius 1 is 1.41 bits per heavy atom. The van der Waals surface area contributed by atoms with Gasteiger partial charge < -0.3 is 4.90 Å². The highest BCUT2D eigenvalue weighted by Gasteiger charge is 2.32. The van der Waals surface area contributed by atoms with Gasteiger partial charge in [0.1, 0.15) is 5.82 Å². The number of carbonyl (C=O) groups is 1. The highest BCUT2D eigenvalue weighted by Crippen LogP contribution is 2.32. The van der Waals surface area contributed by atoms with Crippen molar-refractivity contribution in [3.05, 3.63) is 29.6 Å². The van der Waals surface area contributed by atoms with E-state index in [1.54, 1.807) is 18.0 Å². The summed E-state index contributed by atoms with van der Waals surface area (Å²) in [5.74, 6) is 0.191. The smallest absolute Gasteiger partial charge is 0.229 e. The zero-order valence-electron chi connectivity index (χ0n) is 10.5. The van der Waals surface area contributed by atoms with E-state index in [9.17, 15) is 9.18 Å². The van der Waals surface area contributed by atoms with Crippen molar-refractivity contribution in [1.29, 1.82) is 0 Å². The lowest BCUT2D eigenvalue weighted by Gasteiger charge is -2.18. The molecule has 0 spiro atoms. The van der Waals surface area contributed by atoms with Crippen molar-refractivity contribution in [1.82, 2.24) is 0 Å². The maximum atomic E-state index is 13.8. The van der Waals surface area contributed by atoms with Crippen molar-refractivity contribution in [3.63, 3.8) is 0 Å². The highest BCUT2D eigenvalue weighted by atomic mass is 19.1. The lowest BCUT2D eigenvalue weighted by Crippen LogP contribution is -2.27. The molecular formula is C14H18FNO. The van der Waals surface area contributed by atoms with Gasteiger partial charge in [0.05, 0.1) is 0 Å². The standard InChI is InChI=1S/C14H18FNO/c1-9(2)12-7-6-11(8-13(12)15)16(3)14(17)10-4-5-10/h6-10H,4-5H2,1-3H3. The number of nitrogens with zero attached hydrogens (tertiary/aromatic N) is 1. The Kier molecular flexibility index (Phi) is 3.18. The maximum Gasteiger partial charge on any atom is 0.229 e. The number of rotatable bonds is 3. The normalized spacial score (nSPS) is 15.1. The molecule has 1 aliphatic carbocycles. The van der Waals surface area contributed by atoms with Crippen molar-refractivity contribution >= 4 is 11.6 Å². The molecule has 1 aliphatic rings. The maximum absolute atomic E-state index is 13.8. The van der Waals surface area contributed by atoms with Gasteiger partial charge in [-0.05, 0) is 36.5 Å². The van der Waals surface area contributed by atoms with Crippen LogP contribution in [0.2, 0.25) is 0 Å². The molecule has 92 valence electrons. The van der Waals surface area contributed by atoms with E-state index in [1.807, 2.05) is 19.9 Å². The van der Waals surface area contributed by atoms with Gasteiger partial charge in [0.25, 0.3) is 0 Å². The minimum atomic E-state index is -0.229. The predicted molar refractivity (Wildman–Crippen MR) is 66.6 cm³/mol. The van der Waals surface area contributed by atoms with Gasteiger partial charge in [0.2, 0.25) is 5.91 Å². The molecule has 2 rings (SSSR count). The van der Waals surface area contributed by atoms with Gasteiger partial charge in [-0.15, -0.1) is 0 Å². The Bertz CT molecular complexity index is 438. The largest absolute Gasteiger partial charge is 0.315 e. The number of benzene rings is 1. The van der Waals surface area contributed by atoms with Crippen molar-refractivity contribution in [3.8, 4) is 0 Å². The highest BCUT2D eigenvalue weighted by molar-refractivity contribution is 5.95. The molecule has 0 bridgehead atoms. The molecular weight excluding hydrogens is 217 g/mol. The van der Waals surface area contributed by atoms with Crippen LogP contribution in [0.3, 0.4) is 0 Å². The van der Waals surface area contributed by atoms with Gasteiger partial charge in [-0.2, -0.15) is 0 Å². The Labute approximate surface area is 101 Å². The fourth-order valence-electron chi connectivity index (χ4n) is 1.92. The van der Waals surface area contributed by atoms with E-state index in [0.717, 1.165) is 12.8 Å². The van der Waals surface area contributed by atoms with Crippen LogP contribution in [0.1, 0.15) is 38.2 Å². The van der Waals surface area contributed by atoms with Gasteiger partial charge in [-0.1, -0.05) is 19.9 Å². The minimum absolute atomic E-state index is 0.0988. The summed E-state index contributed by atoms with van der Waals surface area (Å²) in [6, 6.07) is 5.04. The van der Waals surface area contributed by atoms with Crippen LogP contribution in [0.5, 0.6) is 0 Å². The first-order valence-electron chi connectivity index (χ1n) is 6.07. The van der Waals surface area contributed by atoms with Crippen molar-refractivity contribution in [2.75, 3.05) is 11.9 Å². The molecule has 2 nitrogen and oxygen atoms in total. The second-order valence-corrected chi connectivity index (χ2v) is 5.03. The Morgan fingerprint density at radius 2 is 2.06 bits per heavy atom. The summed E-state index contributed by atoms with van der Waals surface area (Å²) in [5.41, 5.74) is 1.34. The number of carbonyl (C=O) groups excluding carboxylic acids is 1. The van der Waals surface area contributed by atoms with Gasteiger partial charge in [-0.3, -0.25) is 4.79 Å². The van der Waals surface area contributed by atoms with Crippen LogP contribution in [-0.4, -0.2) is 13.0 Å². The third-order valence-corrected chi connectivity index (χ3v) is 3.25. The van der Waals surface area contributed by atoms with Crippen LogP contribution in [0.25, 0.3) is 0 Å². The van der Waals surface area contributed by atoms with E-state index >= 15 is 0 Å². The quantitative estimate of drug-likeness (QED) is 0.787. The van der Waals surface area contributed by atoms with Crippen LogP contribution in [-0.2, 0) is 4.79 Å². The zero-order chi connectivity index (χ0) is 12.6. The minimum Gasteiger partial charge on any atom is -0.315 e. The molecule has 0 radical (unpaired) electrons. The molecule has 0 aromatic heterocycles. The summed E-state index contributed by atoms with van der Waals surface area (Å²) in [5, 5.41) is 0. The molecule has 17 heavy (non-hydrogen) atoms. The average molecular weight is 235 g/mol. The third kappa shape index (κ3) is 2.48. The monoisotopic (exact) mass is 235 g/mol. The van der Waals surface area contributed by atoms with Gasteiger partial charge in [0.15, 0.2) is 0 Å². The van der Waals surface area contributed by atoms with Gasteiger partial charge in [0, 0.05) is 18.7 Å². The molecule has 0 saturated heterocycles. The van der Waals surface area contributed by atoms with Crippen LogP contribution < -0.4 is 4.90 Å². The Balaban J connectivity index is 2.21. The van der Waals surface area contributed by atoms with Gasteiger partial charge in [-0.25, -0.2) is 4.39 Å². The number of anilines is 1. The summed E-state index contributed by atoms with van der Waals surface area (Å²) in [4.78, 5) is 13.4.